The molecule has 11 rings (SSSR count). The lowest BCUT2D eigenvalue weighted by Crippen LogP contribution is -2.48. The summed E-state index contributed by atoms with van der Waals surface area (Å²) in [5.41, 5.74) is 13.8. The molecular weight excluding hydrogens is 665 g/mol. The van der Waals surface area contributed by atoms with Crippen molar-refractivity contribution in [1.29, 1.82) is 0 Å². The third-order valence-electron chi connectivity index (χ3n) is 14.3. The van der Waals surface area contributed by atoms with Crippen LogP contribution < -0.4 is 9.80 Å². The average molecular weight is 709 g/mol. The molecule has 6 nitrogen and oxygen atoms in total. The van der Waals surface area contributed by atoms with Gasteiger partial charge in [-0.2, -0.15) is 5.10 Å². The number of anilines is 2. The number of fused-ring (bicyclic) bond motifs is 13. The summed E-state index contributed by atoms with van der Waals surface area (Å²) in [6, 6.07) is 34.8. The van der Waals surface area contributed by atoms with Crippen molar-refractivity contribution in [3.8, 4) is 16.8 Å². The highest BCUT2D eigenvalue weighted by molar-refractivity contribution is 6.26. The number of hydrogen-bond donors (Lipinski definition) is 0. The fourth-order valence-electron chi connectivity index (χ4n) is 9.82. The number of benzene rings is 5. The molecule has 3 aromatic heterocycles. The van der Waals surface area contributed by atoms with E-state index in [4.69, 9.17) is 13.9 Å². The molecular formula is C48H44N4O2. The third kappa shape index (κ3) is 3.78. The number of furan rings is 2. The topological polar surface area (TPSA) is 50.6 Å². The van der Waals surface area contributed by atoms with E-state index in [1.54, 1.807) is 0 Å². The fraction of sp³-hybridized carbons (Fsp3) is 0.271. The second-order valence-corrected chi connectivity index (χ2v) is 17.8. The van der Waals surface area contributed by atoms with Gasteiger partial charge in [0.1, 0.15) is 22.3 Å². The summed E-state index contributed by atoms with van der Waals surface area (Å²) in [5.74, 6) is 0. The summed E-state index contributed by atoms with van der Waals surface area (Å²) >= 11 is 0. The minimum Gasteiger partial charge on any atom is -0.456 e. The Balaban J connectivity index is 1.16. The minimum atomic E-state index is -0.213. The van der Waals surface area contributed by atoms with Gasteiger partial charge in [-0.25, -0.2) is 4.68 Å². The van der Waals surface area contributed by atoms with Gasteiger partial charge in [-0.3, -0.25) is 0 Å². The zero-order chi connectivity index (χ0) is 37.1. The second-order valence-electron chi connectivity index (χ2n) is 17.8. The zero-order valence-corrected chi connectivity index (χ0v) is 32.2. The Labute approximate surface area is 315 Å². The van der Waals surface area contributed by atoms with E-state index in [1.165, 1.54) is 45.0 Å². The largest absolute Gasteiger partial charge is 0.456 e. The van der Waals surface area contributed by atoms with Gasteiger partial charge in [-0.1, -0.05) is 104 Å². The first-order valence-corrected chi connectivity index (χ1v) is 19.2. The number of para-hydroxylation sites is 1. The number of hydrogen-bond acceptors (Lipinski definition) is 5. The maximum Gasteiger partial charge on any atom is 0.136 e. The minimum absolute atomic E-state index is 0.121. The predicted molar refractivity (Wildman–Crippen MR) is 221 cm³/mol. The molecule has 0 fully saturated rings. The van der Waals surface area contributed by atoms with E-state index in [1.807, 2.05) is 6.20 Å². The van der Waals surface area contributed by atoms with Gasteiger partial charge in [0, 0.05) is 72.0 Å². The van der Waals surface area contributed by atoms with Crippen molar-refractivity contribution in [2.45, 2.75) is 71.6 Å². The van der Waals surface area contributed by atoms with Crippen LogP contribution in [0.2, 0.25) is 0 Å². The maximum absolute atomic E-state index is 6.79. The first-order valence-electron chi connectivity index (χ1n) is 19.2. The van der Waals surface area contributed by atoms with Crippen LogP contribution in [0.5, 0.6) is 0 Å². The molecule has 0 saturated carbocycles. The van der Waals surface area contributed by atoms with Crippen LogP contribution in [0.25, 0.3) is 60.7 Å². The van der Waals surface area contributed by atoms with E-state index in [2.05, 4.69) is 173 Å². The third-order valence-corrected chi connectivity index (χ3v) is 14.3. The van der Waals surface area contributed by atoms with Gasteiger partial charge in [-0.05, 0) is 65.2 Å². The molecule has 0 aliphatic carbocycles. The maximum atomic E-state index is 6.79. The van der Waals surface area contributed by atoms with Crippen LogP contribution >= 0.6 is 0 Å². The highest BCUT2D eigenvalue weighted by Gasteiger charge is 2.52. The van der Waals surface area contributed by atoms with Crippen LogP contribution in [0.4, 0.5) is 11.4 Å². The van der Waals surface area contributed by atoms with E-state index in [-0.39, 0.29) is 21.7 Å². The lowest BCUT2D eigenvalue weighted by atomic mass is 9.59. The lowest BCUT2D eigenvalue weighted by molar-refractivity contribution is 0.235. The zero-order valence-electron chi connectivity index (χ0n) is 32.2. The Kier molecular flexibility index (Phi) is 5.91. The fourth-order valence-corrected chi connectivity index (χ4v) is 9.82. The monoisotopic (exact) mass is 708 g/mol. The molecule has 6 heterocycles. The lowest BCUT2D eigenvalue weighted by Gasteiger charge is -2.51. The summed E-state index contributed by atoms with van der Waals surface area (Å²) in [6.45, 7) is 19.7. The molecule has 8 aromatic rings. The molecule has 0 N–H and O–H groups in total. The van der Waals surface area contributed by atoms with Crippen molar-refractivity contribution in [3.05, 3.63) is 132 Å². The molecule has 0 spiro atoms. The van der Waals surface area contributed by atoms with Gasteiger partial charge in [0.05, 0.1) is 24.2 Å². The van der Waals surface area contributed by atoms with Crippen molar-refractivity contribution in [3.63, 3.8) is 0 Å². The van der Waals surface area contributed by atoms with Crippen molar-refractivity contribution >= 4 is 55.3 Å². The highest BCUT2D eigenvalue weighted by Crippen LogP contribution is 2.59. The summed E-state index contributed by atoms with van der Waals surface area (Å²) in [5, 5.41) is 9.46. The molecule has 0 saturated heterocycles. The molecule has 0 atom stereocenters. The summed E-state index contributed by atoms with van der Waals surface area (Å²) in [4.78, 5) is 4.89. The predicted octanol–water partition coefficient (Wildman–Crippen LogP) is 12.3. The van der Waals surface area contributed by atoms with Gasteiger partial charge >= 0.3 is 0 Å². The Morgan fingerprint density at radius 3 is 1.76 bits per heavy atom. The number of nitrogens with zero attached hydrogens (tertiary/aromatic N) is 4. The molecule has 0 amide bonds. The first-order chi connectivity index (χ1) is 25.8. The van der Waals surface area contributed by atoms with Crippen LogP contribution in [0.15, 0.2) is 124 Å². The smallest absolute Gasteiger partial charge is 0.136 e. The van der Waals surface area contributed by atoms with Gasteiger partial charge < -0.3 is 18.6 Å². The molecule has 54 heavy (non-hydrogen) atoms. The Morgan fingerprint density at radius 2 is 1.13 bits per heavy atom. The molecule has 0 bridgehead atoms. The molecule has 0 unspecified atom stereocenters. The average Bonchev–Trinajstić information content (AvgIpc) is 3.96. The molecule has 0 radical (unpaired) electrons. The van der Waals surface area contributed by atoms with E-state index in [0.717, 1.165) is 56.2 Å². The van der Waals surface area contributed by atoms with Crippen LogP contribution in [0, 0.1) is 5.41 Å². The number of rotatable bonds is 2. The molecule has 5 aromatic carbocycles. The van der Waals surface area contributed by atoms with Crippen molar-refractivity contribution in [1.82, 2.24) is 9.78 Å². The van der Waals surface area contributed by atoms with Gasteiger partial charge in [0.15, 0.2) is 0 Å². The van der Waals surface area contributed by atoms with E-state index in [9.17, 15) is 0 Å². The van der Waals surface area contributed by atoms with Gasteiger partial charge in [0.2, 0.25) is 0 Å². The van der Waals surface area contributed by atoms with Crippen LogP contribution in [-0.4, -0.2) is 16.4 Å². The second kappa shape index (κ2) is 10.1. The molecule has 3 aliphatic heterocycles. The van der Waals surface area contributed by atoms with Gasteiger partial charge in [0.25, 0.3) is 0 Å². The van der Waals surface area contributed by atoms with Crippen molar-refractivity contribution in [2.75, 3.05) is 16.5 Å². The standard InChI is InChI=1S/C48H44N4O2/c1-45(2)33-23-39-30(21-35(33)51-27-50(26-41(51)47(45,5)6)29-17-13-10-14-18-29)42-37(53-39)19-20-38-43(42)31-22-36-34(24-40(31)54-38)46(3,4)48(7,8)44-32(25-49-52(36)44)28-15-11-9-12-16-28/h9-26H,27H2,1-8H3. The summed E-state index contributed by atoms with van der Waals surface area (Å²) in [7, 11) is 0. The van der Waals surface area contributed by atoms with E-state index < -0.39 is 0 Å². The number of aromatic nitrogens is 2. The molecule has 3 aliphatic rings. The Bertz CT molecular complexity index is 2920. The Morgan fingerprint density at radius 1 is 0.574 bits per heavy atom. The van der Waals surface area contributed by atoms with Crippen molar-refractivity contribution < 1.29 is 8.83 Å². The van der Waals surface area contributed by atoms with Crippen LogP contribution in [-0.2, 0) is 16.2 Å². The normalized spacial score (nSPS) is 18.9. The Hall–Kier alpha value is -5.75. The molecule has 268 valence electrons. The van der Waals surface area contributed by atoms with Crippen LogP contribution in [0.3, 0.4) is 0 Å². The first kappa shape index (κ1) is 31.7. The highest BCUT2D eigenvalue weighted by atomic mass is 16.3. The number of allylic oxidation sites excluding steroid dienone is 1. The van der Waals surface area contributed by atoms with E-state index >= 15 is 0 Å². The summed E-state index contributed by atoms with van der Waals surface area (Å²) < 4.78 is 15.8. The van der Waals surface area contributed by atoms with Crippen molar-refractivity contribution in [2.24, 2.45) is 5.41 Å². The van der Waals surface area contributed by atoms with Gasteiger partial charge in [-0.15, -0.1) is 0 Å². The van der Waals surface area contributed by atoms with Crippen LogP contribution in [0.1, 0.15) is 72.2 Å². The molecule has 6 heteroatoms. The summed E-state index contributed by atoms with van der Waals surface area (Å²) in [6.07, 6.45) is 4.40. The quantitative estimate of drug-likeness (QED) is 0.179. The van der Waals surface area contributed by atoms with E-state index in [0.29, 0.717) is 0 Å². The SMILES string of the molecule is CC1(C)C2=CN(c3ccccc3)CN2c2cc3c(cc2C1(C)C)oc1ccc2oc4cc5c(cc4c2c13)-n1ncc(-c2ccccc2)c1C(C)(C)C5(C)C.